The molecule has 0 radical (unpaired) electrons. The van der Waals surface area contributed by atoms with Crippen LogP contribution in [0.3, 0.4) is 0 Å². The van der Waals surface area contributed by atoms with Gasteiger partial charge in [-0.05, 0) is 43.0 Å². The molecule has 0 saturated carbocycles. The highest BCUT2D eigenvalue weighted by molar-refractivity contribution is 6.36. The molecular weight excluding hydrogens is 302 g/mol. The summed E-state index contributed by atoms with van der Waals surface area (Å²) in [5.74, 6) is -0.322. The second-order valence-corrected chi connectivity index (χ2v) is 6.99. The second-order valence-electron chi connectivity index (χ2n) is 6.99. The molecule has 1 amide bonds. The maximum Gasteiger partial charge on any atom is 0.289 e. The van der Waals surface area contributed by atoms with Crippen LogP contribution in [0, 0.1) is 5.92 Å². The summed E-state index contributed by atoms with van der Waals surface area (Å²) in [7, 11) is 0. The van der Waals surface area contributed by atoms with Crippen LogP contribution in [-0.2, 0) is 16.1 Å². The van der Waals surface area contributed by atoms with Crippen LogP contribution in [0.5, 0.6) is 0 Å². The Balaban J connectivity index is 1.98. The maximum atomic E-state index is 12.4. The molecule has 1 aromatic heterocycles. The van der Waals surface area contributed by atoms with E-state index in [1.807, 2.05) is 38.4 Å². The van der Waals surface area contributed by atoms with Crippen LogP contribution in [0.2, 0.25) is 0 Å². The molecule has 0 aliphatic carbocycles. The molecule has 1 atom stereocenters. The summed E-state index contributed by atoms with van der Waals surface area (Å²) in [5, 5.41) is 0. The van der Waals surface area contributed by atoms with Gasteiger partial charge in [-0.2, -0.15) is 0 Å². The van der Waals surface area contributed by atoms with Gasteiger partial charge in [-0.1, -0.05) is 20.8 Å². The summed E-state index contributed by atoms with van der Waals surface area (Å²) < 4.78 is 0. The fourth-order valence-electron chi connectivity index (χ4n) is 3.29. The SMILES string of the molecule is CCN(Cc1ccncc1)[C@@H]1CCCN(C(=O)C(=O)CC(C)C)C1. The van der Waals surface area contributed by atoms with E-state index in [4.69, 9.17) is 0 Å². The van der Waals surface area contributed by atoms with Gasteiger partial charge in [0.15, 0.2) is 0 Å². The zero-order valence-corrected chi connectivity index (χ0v) is 15.1. The quantitative estimate of drug-likeness (QED) is 0.721. The molecule has 1 saturated heterocycles. The lowest BCUT2D eigenvalue weighted by Crippen LogP contribution is -2.51. The molecule has 2 rings (SSSR count). The summed E-state index contributed by atoms with van der Waals surface area (Å²) in [6.45, 7) is 9.22. The van der Waals surface area contributed by atoms with Crippen LogP contribution in [0.25, 0.3) is 0 Å². The van der Waals surface area contributed by atoms with Crippen molar-refractivity contribution in [3.8, 4) is 0 Å². The Morgan fingerprint density at radius 2 is 2.04 bits per heavy atom. The Bertz CT molecular complexity index is 545. The van der Waals surface area contributed by atoms with Gasteiger partial charge >= 0.3 is 0 Å². The monoisotopic (exact) mass is 331 g/mol. The summed E-state index contributed by atoms with van der Waals surface area (Å²) in [4.78, 5) is 32.7. The van der Waals surface area contributed by atoms with E-state index in [1.54, 1.807) is 4.90 Å². The lowest BCUT2D eigenvalue weighted by atomic mass is 10.0. The number of Topliss-reactive ketones (excluding diaryl/α,β-unsaturated/α-hetero) is 1. The number of rotatable bonds is 7. The van der Waals surface area contributed by atoms with Gasteiger partial charge in [0.1, 0.15) is 0 Å². The molecule has 5 nitrogen and oxygen atoms in total. The van der Waals surface area contributed by atoms with Crippen LogP contribution >= 0.6 is 0 Å². The molecule has 0 spiro atoms. The number of pyridine rings is 1. The highest BCUT2D eigenvalue weighted by Crippen LogP contribution is 2.19. The smallest absolute Gasteiger partial charge is 0.289 e. The molecule has 1 aromatic rings. The van der Waals surface area contributed by atoms with Crippen LogP contribution in [0.4, 0.5) is 0 Å². The van der Waals surface area contributed by atoms with E-state index in [0.29, 0.717) is 25.6 Å². The molecule has 2 heterocycles. The number of hydrogen-bond acceptors (Lipinski definition) is 4. The van der Waals surface area contributed by atoms with Crippen molar-refractivity contribution in [3.05, 3.63) is 30.1 Å². The lowest BCUT2D eigenvalue weighted by molar-refractivity contribution is -0.146. The zero-order valence-electron chi connectivity index (χ0n) is 15.1. The minimum absolute atomic E-state index is 0.223. The third kappa shape index (κ3) is 5.13. The summed E-state index contributed by atoms with van der Waals surface area (Å²) >= 11 is 0. The van der Waals surface area contributed by atoms with Crippen LogP contribution in [0.1, 0.15) is 45.6 Å². The molecule has 132 valence electrons. The summed E-state index contributed by atoms with van der Waals surface area (Å²) in [5.41, 5.74) is 1.23. The van der Waals surface area contributed by atoms with Crippen LogP contribution < -0.4 is 0 Å². The van der Waals surface area contributed by atoms with Crippen molar-refractivity contribution < 1.29 is 9.59 Å². The Morgan fingerprint density at radius 3 is 2.67 bits per heavy atom. The number of hydrogen-bond donors (Lipinski definition) is 0. The molecule has 0 N–H and O–H groups in total. The third-order valence-corrected chi connectivity index (χ3v) is 4.57. The highest BCUT2D eigenvalue weighted by Gasteiger charge is 2.30. The molecule has 1 aliphatic rings. The van der Waals surface area contributed by atoms with Crippen molar-refractivity contribution in [2.45, 2.75) is 52.6 Å². The molecule has 0 unspecified atom stereocenters. The molecule has 5 heteroatoms. The topological polar surface area (TPSA) is 53.5 Å². The molecule has 0 aromatic carbocycles. The van der Waals surface area contributed by atoms with Gasteiger partial charge in [0.05, 0.1) is 0 Å². The number of likely N-dealkylation sites (N-methyl/N-ethyl adjacent to an activating group) is 1. The second kappa shape index (κ2) is 8.92. The highest BCUT2D eigenvalue weighted by atomic mass is 16.2. The first-order valence-corrected chi connectivity index (χ1v) is 8.96. The number of carbonyl (C=O) groups excluding carboxylic acids is 2. The van der Waals surface area contributed by atoms with Gasteiger partial charge in [0.2, 0.25) is 5.78 Å². The number of nitrogens with zero attached hydrogens (tertiary/aromatic N) is 3. The van der Waals surface area contributed by atoms with Crippen molar-refractivity contribution >= 4 is 11.7 Å². The van der Waals surface area contributed by atoms with E-state index in [0.717, 1.165) is 25.9 Å². The average molecular weight is 331 g/mol. The van der Waals surface area contributed by atoms with Crippen molar-refractivity contribution in [1.82, 2.24) is 14.8 Å². The molecular formula is C19H29N3O2. The average Bonchev–Trinajstić information content (AvgIpc) is 2.59. The number of likely N-dealkylation sites (tertiary alicyclic amines) is 1. The summed E-state index contributed by atoms with van der Waals surface area (Å²) in [6.07, 6.45) is 5.99. The fourth-order valence-corrected chi connectivity index (χ4v) is 3.29. The van der Waals surface area contributed by atoms with E-state index in [2.05, 4.69) is 16.8 Å². The maximum absolute atomic E-state index is 12.4. The van der Waals surface area contributed by atoms with Crippen molar-refractivity contribution in [1.29, 1.82) is 0 Å². The standard InChI is InChI=1S/C19H29N3O2/c1-4-21(13-16-7-9-20-10-8-16)17-6-5-11-22(14-17)19(24)18(23)12-15(2)3/h7-10,15,17H,4-6,11-14H2,1-3H3/t17-/m1/s1. The molecule has 24 heavy (non-hydrogen) atoms. The van der Waals surface area contributed by atoms with Crippen molar-refractivity contribution in [2.24, 2.45) is 5.92 Å². The lowest BCUT2D eigenvalue weighted by Gasteiger charge is -2.39. The van der Waals surface area contributed by atoms with Crippen LogP contribution in [-0.4, -0.2) is 52.2 Å². The number of carbonyl (C=O) groups is 2. The van der Waals surface area contributed by atoms with Gasteiger partial charge in [-0.15, -0.1) is 0 Å². The third-order valence-electron chi connectivity index (χ3n) is 4.57. The largest absolute Gasteiger partial charge is 0.335 e. The number of ketones is 1. The minimum Gasteiger partial charge on any atom is -0.335 e. The first-order valence-electron chi connectivity index (χ1n) is 8.96. The Labute approximate surface area is 145 Å². The Morgan fingerprint density at radius 1 is 1.33 bits per heavy atom. The summed E-state index contributed by atoms with van der Waals surface area (Å²) in [6, 6.07) is 4.37. The molecule has 0 bridgehead atoms. The van der Waals surface area contributed by atoms with Gasteiger partial charge in [-0.3, -0.25) is 19.5 Å². The minimum atomic E-state index is -0.298. The Kier molecular flexibility index (Phi) is 6.91. The van der Waals surface area contributed by atoms with E-state index in [-0.39, 0.29) is 17.6 Å². The van der Waals surface area contributed by atoms with Crippen molar-refractivity contribution in [2.75, 3.05) is 19.6 Å². The predicted octanol–water partition coefficient (Wildman–Crippen LogP) is 2.51. The van der Waals surface area contributed by atoms with Gasteiger partial charge < -0.3 is 4.90 Å². The van der Waals surface area contributed by atoms with Gasteiger partial charge in [-0.25, -0.2) is 0 Å². The Hall–Kier alpha value is -1.75. The normalized spacial score (nSPS) is 18.2. The first-order chi connectivity index (χ1) is 11.5. The number of piperidine rings is 1. The fraction of sp³-hybridized carbons (Fsp3) is 0.632. The predicted molar refractivity (Wildman–Crippen MR) is 94.4 cm³/mol. The van der Waals surface area contributed by atoms with E-state index < -0.39 is 0 Å². The molecule has 1 fully saturated rings. The van der Waals surface area contributed by atoms with Crippen LogP contribution in [0.15, 0.2) is 24.5 Å². The zero-order chi connectivity index (χ0) is 17.5. The van der Waals surface area contributed by atoms with Gasteiger partial charge in [0, 0.05) is 44.5 Å². The van der Waals surface area contributed by atoms with Crippen molar-refractivity contribution in [3.63, 3.8) is 0 Å². The first kappa shape index (κ1) is 18.6. The van der Waals surface area contributed by atoms with E-state index >= 15 is 0 Å². The van der Waals surface area contributed by atoms with E-state index in [9.17, 15) is 9.59 Å². The number of amides is 1. The van der Waals surface area contributed by atoms with E-state index in [1.165, 1.54) is 5.56 Å². The number of aromatic nitrogens is 1. The van der Waals surface area contributed by atoms with Gasteiger partial charge in [0.25, 0.3) is 5.91 Å². The molecule has 1 aliphatic heterocycles.